The number of nitrogens with zero attached hydrogens (tertiary/aromatic N) is 1. The third-order valence-electron chi connectivity index (χ3n) is 7.94. The fourth-order valence-corrected chi connectivity index (χ4v) is 6.31. The quantitative estimate of drug-likeness (QED) is 0.460. The van der Waals surface area contributed by atoms with Crippen LogP contribution in [0, 0.1) is 5.92 Å². The molecule has 1 N–H and O–H groups in total. The summed E-state index contributed by atoms with van der Waals surface area (Å²) in [4.78, 5) is 2.74. The van der Waals surface area contributed by atoms with Gasteiger partial charge in [0.1, 0.15) is 5.75 Å². The fraction of sp³-hybridized carbons (Fsp3) is 0.333. The SMILES string of the molecule is C=Cc1ccc(OC)c(N[C@H]2C3CCN(CC3)[C@@]2(C)C(c2ccccc2)c2ccccc2)c1. The third-order valence-corrected chi connectivity index (χ3v) is 7.94. The first-order valence-corrected chi connectivity index (χ1v) is 12.1. The lowest BCUT2D eigenvalue weighted by molar-refractivity contribution is -0.0401. The lowest BCUT2D eigenvalue weighted by Crippen LogP contribution is -2.70. The van der Waals surface area contributed by atoms with E-state index in [2.05, 4.69) is 96.5 Å². The van der Waals surface area contributed by atoms with Crippen molar-refractivity contribution < 1.29 is 4.74 Å². The van der Waals surface area contributed by atoms with Crippen LogP contribution in [0.2, 0.25) is 0 Å². The number of hydrogen-bond acceptors (Lipinski definition) is 3. The normalized spacial score (nSPS) is 26.2. The fourth-order valence-electron chi connectivity index (χ4n) is 6.31. The van der Waals surface area contributed by atoms with Gasteiger partial charge in [-0.15, -0.1) is 0 Å². The van der Waals surface area contributed by atoms with Crippen LogP contribution in [-0.2, 0) is 0 Å². The van der Waals surface area contributed by atoms with Crippen molar-refractivity contribution in [3.05, 3.63) is 102 Å². The highest BCUT2D eigenvalue weighted by atomic mass is 16.5. The average molecular weight is 439 g/mol. The van der Waals surface area contributed by atoms with Crippen LogP contribution in [0.1, 0.15) is 42.4 Å². The molecule has 0 radical (unpaired) electrons. The smallest absolute Gasteiger partial charge is 0.141 e. The van der Waals surface area contributed by atoms with Crippen molar-refractivity contribution in [2.75, 3.05) is 25.5 Å². The molecule has 0 unspecified atom stereocenters. The Labute approximate surface area is 198 Å². The second-order valence-electron chi connectivity index (χ2n) is 9.59. The summed E-state index contributed by atoms with van der Waals surface area (Å²) in [6.07, 6.45) is 4.36. The highest BCUT2D eigenvalue weighted by Crippen LogP contribution is 2.50. The molecule has 3 nitrogen and oxygen atoms in total. The number of piperidine rings is 3. The molecule has 0 saturated carbocycles. The van der Waals surface area contributed by atoms with E-state index in [9.17, 15) is 0 Å². The molecule has 3 aromatic carbocycles. The molecule has 0 aromatic heterocycles. The van der Waals surface area contributed by atoms with Gasteiger partial charge in [-0.3, -0.25) is 4.90 Å². The van der Waals surface area contributed by atoms with Crippen LogP contribution in [0.3, 0.4) is 0 Å². The van der Waals surface area contributed by atoms with Gasteiger partial charge in [-0.05, 0) is 67.6 Å². The standard InChI is InChI=1S/C30H34N2O/c1-4-22-15-16-27(33-3)26(21-22)31-29-25-17-19-32(20-18-25)30(29,2)28(23-11-7-5-8-12-23)24-13-9-6-10-14-24/h4-16,21,25,28-29,31H,1,17-20H2,2-3H3/t29-,30-/m0/s1. The maximum absolute atomic E-state index is 5.75. The summed E-state index contributed by atoms with van der Waals surface area (Å²) in [5, 5.41) is 4.00. The van der Waals surface area contributed by atoms with E-state index < -0.39 is 0 Å². The Hall–Kier alpha value is -3.04. The Balaban J connectivity index is 1.64. The Morgan fingerprint density at radius 2 is 1.58 bits per heavy atom. The molecule has 0 spiro atoms. The van der Waals surface area contributed by atoms with E-state index in [0.717, 1.165) is 30.1 Å². The molecule has 33 heavy (non-hydrogen) atoms. The molecular formula is C30H34N2O. The average Bonchev–Trinajstić information content (AvgIpc) is 2.88. The maximum atomic E-state index is 5.75. The van der Waals surface area contributed by atoms with Crippen LogP contribution in [-0.4, -0.2) is 36.7 Å². The topological polar surface area (TPSA) is 24.5 Å². The number of benzene rings is 3. The minimum atomic E-state index is -0.0843. The minimum Gasteiger partial charge on any atom is -0.495 e. The van der Waals surface area contributed by atoms with Gasteiger partial charge in [-0.1, -0.05) is 79.4 Å². The molecule has 3 aromatic rings. The Kier molecular flexibility index (Phi) is 5.99. The van der Waals surface area contributed by atoms with E-state index in [1.807, 2.05) is 12.1 Å². The largest absolute Gasteiger partial charge is 0.495 e. The molecule has 3 aliphatic heterocycles. The molecule has 2 atom stereocenters. The first-order chi connectivity index (χ1) is 16.1. The van der Waals surface area contributed by atoms with Crippen LogP contribution >= 0.6 is 0 Å². The van der Waals surface area contributed by atoms with E-state index in [1.54, 1.807) is 7.11 Å². The number of nitrogens with one attached hydrogen (secondary N) is 1. The van der Waals surface area contributed by atoms with Crippen LogP contribution in [0.15, 0.2) is 85.4 Å². The van der Waals surface area contributed by atoms with Crippen molar-refractivity contribution >= 4 is 11.8 Å². The Morgan fingerprint density at radius 1 is 0.970 bits per heavy atom. The third kappa shape index (κ3) is 3.85. The van der Waals surface area contributed by atoms with Crippen LogP contribution in [0.4, 0.5) is 5.69 Å². The second-order valence-corrected chi connectivity index (χ2v) is 9.59. The van der Waals surface area contributed by atoms with E-state index in [1.165, 1.54) is 24.0 Å². The molecule has 0 aliphatic carbocycles. The molecule has 0 amide bonds. The number of rotatable bonds is 7. The molecule has 3 heterocycles. The van der Waals surface area contributed by atoms with Gasteiger partial charge in [0.25, 0.3) is 0 Å². The molecule has 3 saturated heterocycles. The number of ether oxygens (including phenoxy) is 1. The summed E-state index contributed by atoms with van der Waals surface area (Å²) in [7, 11) is 1.75. The monoisotopic (exact) mass is 438 g/mol. The summed E-state index contributed by atoms with van der Waals surface area (Å²) < 4.78 is 5.75. The first-order valence-electron chi connectivity index (χ1n) is 12.1. The molecule has 170 valence electrons. The Morgan fingerprint density at radius 3 is 2.12 bits per heavy atom. The zero-order chi connectivity index (χ0) is 22.8. The van der Waals surface area contributed by atoms with Crippen molar-refractivity contribution in [2.45, 2.75) is 37.3 Å². The molecule has 3 heteroatoms. The van der Waals surface area contributed by atoms with E-state index in [0.29, 0.717) is 12.0 Å². The van der Waals surface area contributed by atoms with Crippen molar-refractivity contribution in [3.8, 4) is 5.75 Å². The Bertz CT molecular complexity index is 1050. The highest BCUT2D eigenvalue weighted by molar-refractivity contribution is 5.64. The molecular weight excluding hydrogens is 404 g/mol. The van der Waals surface area contributed by atoms with Gasteiger partial charge in [-0.25, -0.2) is 0 Å². The molecule has 6 rings (SSSR count). The van der Waals surface area contributed by atoms with Crippen molar-refractivity contribution in [2.24, 2.45) is 5.92 Å². The van der Waals surface area contributed by atoms with Gasteiger partial charge < -0.3 is 10.1 Å². The van der Waals surface area contributed by atoms with Crippen molar-refractivity contribution in [1.82, 2.24) is 4.90 Å². The minimum absolute atomic E-state index is 0.0843. The molecule has 2 bridgehead atoms. The summed E-state index contributed by atoms with van der Waals surface area (Å²) in [5.74, 6) is 1.76. The van der Waals surface area contributed by atoms with Crippen molar-refractivity contribution in [3.63, 3.8) is 0 Å². The predicted molar refractivity (Wildman–Crippen MR) is 138 cm³/mol. The predicted octanol–water partition coefficient (Wildman–Crippen LogP) is 6.44. The number of methoxy groups -OCH3 is 1. The first kappa shape index (κ1) is 21.8. The van der Waals surface area contributed by atoms with E-state index in [4.69, 9.17) is 4.74 Å². The van der Waals surface area contributed by atoms with Gasteiger partial charge in [0, 0.05) is 17.5 Å². The zero-order valence-electron chi connectivity index (χ0n) is 19.7. The van der Waals surface area contributed by atoms with Crippen LogP contribution in [0.5, 0.6) is 5.75 Å². The summed E-state index contributed by atoms with van der Waals surface area (Å²) in [5.41, 5.74) is 4.82. The molecule has 3 aliphatic rings. The number of anilines is 1. The van der Waals surface area contributed by atoms with Gasteiger partial charge >= 0.3 is 0 Å². The zero-order valence-corrected chi connectivity index (χ0v) is 19.7. The highest BCUT2D eigenvalue weighted by Gasteiger charge is 2.55. The van der Waals surface area contributed by atoms with Crippen LogP contribution < -0.4 is 10.1 Å². The van der Waals surface area contributed by atoms with Crippen LogP contribution in [0.25, 0.3) is 6.08 Å². The summed E-state index contributed by atoms with van der Waals surface area (Å²) >= 11 is 0. The number of hydrogen-bond donors (Lipinski definition) is 1. The maximum Gasteiger partial charge on any atom is 0.141 e. The van der Waals surface area contributed by atoms with E-state index in [-0.39, 0.29) is 11.5 Å². The number of fused-ring (bicyclic) bond motifs is 3. The van der Waals surface area contributed by atoms with Gasteiger partial charge in [0.15, 0.2) is 0 Å². The lowest BCUT2D eigenvalue weighted by atomic mass is 9.62. The van der Waals surface area contributed by atoms with Gasteiger partial charge in [0.05, 0.1) is 12.8 Å². The van der Waals surface area contributed by atoms with Crippen molar-refractivity contribution in [1.29, 1.82) is 0 Å². The summed E-state index contributed by atoms with van der Waals surface area (Å²) in [6, 6.07) is 28.7. The molecule has 3 fully saturated rings. The summed E-state index contributed by atoms with van der Waals surface area (Å²) in [6.45, 7) is 8.75. The van der Waals surface area contributed by atoms with Gasteiger partial charge in [-0.2, -0.15) is 0 Å². The second kappa shape index (κ2) is 9.07. The van der Waals surface area contributed by atoms with Gasteiger partial charge in [0.2, 0.25) is 0 Å². The lowest BCUT2D eigenvalue weighted by Gasteiger charge is -2.61. The van der Waals surface area contributed by atoms with E-state index >= 15 is 0 Å².